The molecule has 0 fully saturated rings. The van der Waals surface area contributed by atoms with Crippen LogP contribution in [0.5, 0.6) is 0 Å². The van der Waals surface area contributed by atoms with Gasteiger partial charge in [0, 0.05) is 34.6 Å². The van der Waals surface area contributed by atoms with Crippen molar-refractivity contribution >= 4 is 23.3 Å². The van der Waals surface area contributed by atoms with Crippen molar-refractivity contribution in [3.63, 3.8) is 0 Å². The number of urea groups is 1. The number of carbonyl (C=O) groups is 1. The Bertz CT molecular complexity index is 1710. The number of nitrogens with one attached hydrogen (secondary N) is 3. The Labute approximate surface area is 227 Å². The lowest BCUT2D eigenvalue weighted by atomic mass is 10.0. The molecule has 1 aliphatic heterocycles. The molecule has 39 heavy (non-hydrogen) atoms. The molecule has 3 aromatic heterocycles. The SMILES string of the molecule is CCNC(=O)Nc1ccc(-c2cnc(C3CCc4cc(-c5cc(Cl)ccc5-n5cnnn5)cc(=O)n43)[nH]2)cc1. The van der Waals surface area contributed by atoms with Crippen LogP contribution in [0.15, 0.2) is 71.9 Å². The Balaban J connectivity index is 1.28. The van der Waals surface area contributed by atoms with Crippen LogP contribution >= 0.6 is 11.6 Å². The molecule has 0 saturated carbocycles. The number of hydrogen-bond acceptors (Lipinski definition) is 6. The van der Waals surface area contributed by atoms with Crippen molar-refractivity contribution in [2.75, 3.05) is 11.9 Å². The Morgan fingerprint density at radius 2 is 1.97 bits per heavy atom. The van der Waals surface area contributed by atoms with Gasteiger partial charge in [-0.25, -0.2) is 9.78 Å². The van der Waals surface area contributed by atoms with E-state index in [0.717, 1.165) is 52.4 Å². The summed E-state index contributed by atoms with van der Waals surface area (Å²) in [5.41, 5.74) is 5.50. The minimum absolute atomic E-state index is 0.119. The topological polar surface area (TPSA) is 135 Å². The number of H-pyrrole nitrogens is 1. The van der Waals surface area contributed by atoms with Crippen molar-refractivity contribution in [3.05, 3.63) is 94.0 Å². The number of carbonyl (C=O) groups excluding carboxylic acids is 1. The van der Waals surface area contributed by atoms with Gasteiger partial charge in [0.1, 0.15) is 12.2 Å². The number of fused-ring (bicyclic) bond motifs is 1. The third kappa shape index (κ3) is 4.79. The quantitative estimate of drug-likeness (QED) is 0.294. The van der Waals surface area contributed by atoms with Crippen LogP contribution in [0, 0.1) is 0 Å². The minimum Gasteiger partial charge on any atom is -0.340 e. The summed E-state index contributed by atoms with van der Waals surface area (Å²) in [4.78, 5) is 33.2. The van der Waals surface area contributed by atoms with E-state index in [9.17, 15) is 9.59 Å². The number of tetrazole rings is 1. The summed E-state index contributed by atoms with van der Waals surface area (Å²) < 4.78 is 3.35. The average Bonchev–Trinajstić information content (AvgIpc) is 3.70. The van der Waals surface area contributed by atoms with Gasteiger partial charge in [-0.1, -0.05) is 23.7 Å². The Kier molecular flexibility index (Phi) is 6.41. The van der Waals surface area contributed by atoms with E-state index in [1.165, 1.54) is 6.33 Å². The zero-order chi connectivity index (χ0) is 26.9. The first-order valence-corrected chi connectivity index (χ1v) is 12.9. The molecule has 2 aromatic carbocycles. The van der Waals surface area contributed by atoms with Gasteiger partial charge in [-0.15, -0.1) is 5.10 Å². The number of hydrogen-bond donors (Lipinski definition) is 3. The normalized spacial score (nSPS) is 14.3. The number of aryl methyl sites for hydroxylation is 1. The summed E-state index contributed by atoms with van der Waals surface area (Å²) in [5.74, 6) is 0.722. The molecule has 196 valence electrons. The zero-order valence-corrected chi connectivity index (χ0v) is 21.7. The number of rotatable bonds is 6. The van der Waals surface area contributed by atoms with Gasteiger partial charge >= 0.3 is 6.03 Å². The Hall–Kier alpha value is -4.77. The molecule has 0 bridgehead atoms. The van der Waals surface area contributed by atoms with E-state index in [1.54, 1.807) is 27.6 Å². The fraction of sp³-hybridized carbons (Fsp3) is 0.185. The molecule has 1 atom stereocenters. The summed E-state index contributed by atoms with van der Waals surface area (Å²) >= 11 is 6.31. The van der Waals surface area contributed by atoms with Gasteiger partial charge in [0.2, 0.25) is 0 Å². The highest BCUT2D eigenvalue weighted by Crippen LogP contribution is 2.34. The van der Waals surface area contributed by atoms with E-state index in [0.29, 0.717) is 17.3 Å². The molecule has 0 radical (unpaired) electrons. The summed E-state index contributed by atoms with van der Waals surface area (Å²) in [6.07, 6.45) is 4.75. The molecule has 0 saturated heterocycles. The number of aromatic nitrogens is 7. The van der Waals surface area contributed by atoms with E-state index in [2.05, 4.69) is 36.1 Å². The van der Waals surface area contributed by atoms with Crippen LogP contribution in [-0.2, 0) is 6.42 Å². The molecule has 3 N–H and O–H groups in total. The second kappa shape index (κ2) is 10.2. The lowest BCUT2D eigenvalue weighted by Gasteiger charge is -2.15. The van der Waals surface area contributed by atoms with Crippen molar-refractivity contribution in [3.8, 4) is 28.1 Å². The lowest BCUT2D eigenvalue weighted by molar-refractivity contribution is 0.252. The van der Waals surface area contributed by atoms with E-state index in [1.807, 2.05) is 49.4 Å². The van der Waals surface area contributed by atoms with E-state index >= 15 is 0 Å². The van der Waals surface area contributed by atoms with Gasteiger partial charge in [-0.2, -0.15) is 4.68 Å². The maximum Gasteiger partial charge on any atom is 0.319 e. The summed E-state index contributed by atoms with van der Waals surface area (Å²) in [6, 6.07) is 16.1. The number of nitrogens with zero attached hydrogens (tertiary/aromatic N) is 6. The Morgan fingerprint density at radius 3 is 2.74 bits per heavy atom. The number of benzene rings is 2. The van der Waals surface area contributed by atoms with Crippen molar-refractivity contribution < 1.29 is 4.79 Å². The van der Waals surface area contributed by atoms with Crippen LogP contribution < -0.4 is 16.2 Å². The molecule has 11 nitrogen and oxygen atoms in total. The molecule has 2 amide bonds. The first-order valence-electron chi connectivity index (χ1n) is 12.5. The number of imidazole rings is 1. The molecule has 5 aromatic rings. The third-order valence-corrected chi connectivity index (χ3v) is 6.94. The van der Waals surface area contributed by atoms with Crippen molar-refractivity contribution in [2.24, 2.45) is 0 Å². The fourth-order valence-corrected chi connectivity index (χ4v) is 5.11. The number of amides is 2. The molecule has 1 aliphatic rings. The second-order valence-corrected chi connectivity index (χ2v) is 9.59. The summed E-state index contributed by atoms with van der Waals surface area (Å²) in [5, 5.41) is 17.5. The highest BCUT2D eigenvalue weighted by atomic mass is 35.5. The second-order valence-electron chi connectivity index (χ2n) is 9.16. The van der Waals surface area contributed by atoms with Gasteiger partial charge in [-0.05, 0) is 77.7 Å². The van der Waals surface area contributed by atoms with Gasteiger partial charge in [-0.3, -0.25) is 4.79 Å². The Morgan fingerprint density at radius 1 is 1.13 bits per heavy atom. The first kappa shape index (κ1) is 24.6. The van der Waals surface area contributed by atoms with Crippen LogP contribution in [0.2, 0.25) is 5.02 Å². The molecule has 1 unspecified atom stereocenters. The monoisotopic (exact) mass is 541 g/mol. The highest BCUT2D eigenvalue weighted by molar-refractivity contribution is 6.31. The van der Waals surface area contributed by atoms with Gasteiger partial charge in [0.15, 0.2) is 0 Å². The van der Waals surface area contributed by atoms with Crippen LogP contribution in [0.3, 0.4) is 0 Å². The number of aromatic amines is 1. The van der Waals surface area contributed by atoms with E-state index < -0.39 is 0 Å². The molecule has 4 heterocycles. The molecule has 0 aliphatic carbocycles. The zero-order valence-electron chi connectivity index (χ0n) is 20.9. The highest BCUT2D eigenvalue weighted by Gasteiger charge is 2.28. The van der Waals surface area contributed by atoms with Gasteiger partial charge in [0.25, 0.3) is 5.56 Å². The van der Waals surface area contributed by atoms with Gasteiger partial charge < -0.3 is 20.2 Å². The van der Waals surface area contributed by atoms with Crippen LogP contribution in [0.4, 0.5) is 10.5 Å². The number of anilines is 1. The predicted octanol–water partition coefficient (Wildman–Crippen LogP) is 4.21. The van der Waals surface area contributed by atoms with Gasteiger partial charge in [0.05, 0.1) is 23.6 Å². The van der Waals surface area contributed by atoms with Crippen molar-refractivity contribution in [1.29, 1.82) is 0 Å². The smallest absolute Gasteiger partial charge is 0.319 e. The molecular weight excluding hydrogens is 518 g/mol. The van der Waals surface area contributed by atoms with E-state index in [4.69, 9.17) is 11.6 Å². The van der Waals surface area contributed by atoms with Crippen molar-refractivity contribution in [1.82, 2.24) is 40.1 Å². The van der Waals surface area contributed by atoms with Crippen LogP contribution in [0.25, 0.3) is 28.1 Å². The molecular formula is C27H24ClN9O2. The van der Waals surface area contributed by atoms with Crippen molar-refractivity contribution in [2.45, 2.75) is 25.8 Å². The maximum atomic E-state index is 13.4. The minimum atomic E-state index is -0.246. The molecule has 6 rings (SSSR count). The fourth-order valence-electron chi connectivity index (χ4n) is 4.94. The maximum absolute atomic E-state index is 13.4. The standard InChI is InChI=1S/C27H24ClN9O2/c1-2-29-27(39)32-19-6-3-16(4-7-19)22-14-30-26(33-22)24-10-8-20-11-17(12-25(38)37(20)24)21-13-18(28)5-9-23(21)36-15-31-34-35-36/h3-7,9,11-15,24H,2,8,10H2,1H3,(H,30,33)(H2,29,32,39). The van der Waals surface area contributed by atoms with E-state index in [-0.39, 0.29) is 17.6 Å². The molecule has 12 heteroatoms. The molecule has 0 spiro atoms. The van der Waals surface area contributed by atoms with Crippen LogP contribution in [0.1, 0.15) is 30.9 Å². The average molecular weight is 542 g/mol. The predicted molar refractivity (Wildman–Crippen MR) is 147 cm³/mol. The number of halogens is 1. The summed E-state index contributed by atoms with van der Waals surface area (Å²) in [6.45, 7) is 2.42. The van der Waals surface area contributed by atoms with Crippen LogP contribution in [-0.4, -0.2) is 47.3 Å². The first-order chi connectivity index (χ1) is 19.0. The lowest BCUT2D eigenvalue weighted by Crippen LogP contribution is -2.28. The third-order valence-electron chi connectivity index (χ3n) is 6.70. The number of pyridine rings is 1. The summed E-state index contributed by atoms with van der Waals surface area (Å²) in [7, 11) is 0. The largest absolute Gasteiger partial charge is 0.340 e.